The maximum atomic E-state index is 7.16. The van der Waals surface area contributed by atoms with Gasteiger partial charge in [0.2, 0.25) is 0 Å². The summed E-state index contributed by atoms with van der Waals surface area (Å²) in [5, 5.41) is 0. The van der Waals surface area contributed by atoms with Crippen LogP contribution in [0.4, 0.5) is 0 Å². The van der Waals surface area contributed by atoms with Gasteiger partial charge in [-0.15, -0.1) is 6.58 Å². The molecule has 3 aromatic carbocycles. The van der Waals surface area contributed by atoms with E-state index in [1.54, 1.807) is 0 Å². The van der Waals surface area contributed by atoms with Crippen molar-refractivity contribution in [3.05, 3.63) is 120 Å². The first-order valence-corrected chi connectivity index (χ1v) is 11.7. The van der Waals surface area contributed by atoms with Crippen LogP contribution in [0.1, 0.15) is 55.7 Å². The highest BCUT2D eigenvalue weighted by Gasteiger charge is 2.39. The van der Waals surface area contributed by atoms with Gasteiger partial charge in [-0.3, -0.25) is 0 Å². The number of hydrogen-bond donors (Lipinski definition) is 0. The molecule has 0 aliphatic heterocycles. The Balaban J connectivity index is 1.77. The molecule has 1 aliphatic rings. The zero-order valence-corrected chi connectivity index (χ0v) is 18.6. The van der Waals surface area contributed by atoms with Crippen molar-refractivity contribution >= 4 is 0 Å². The normalized spacial score (nSPS) is 20.2. The molecule has 0 saturated heterocycles. The molecule has 3 aromatic rings. The van der Waals surface area contributed by atoms with E-state index < -0.39 is 5.60 Å². The third kappa shape index (κ3) is 4.83. The molecule has 31 heavy (non-hydrogen) atoms. The Kier molecular flexibility index (Phi) is 7.04. The number of benzene rings is 3. The number of rotatable bonds is 8. The maximum absolute atomic E-state index is 7.16. The molecule has 1 unspecified atom stereocenters. The highest BCUT2D eigenvalue weighted by molar-refractivity contribution is 5.47. The number of ether oxygens (including phenoxy) is 1. The van der Waals surface area contributed by atoms with Crippen LogP contribution in [-0.4, -0.2) is 6.10 Å². The Labute approximate surface area is 187 Å². The van der Waals surface area contributed by atoms with E-state index in [9.17, 15) is 0 Å². The molecule has 0 radical (unpaired) electrons. The van der Waals surface area contributed by atoms with Crippen LogP contribution in [0.2, 0.25) is 0 Å². The van der Waals surface area contributed by atoms with Gasteiger partial charge in [0.05, 0.1) is 6.10 Å². The second-order valence-electron chi connectivity index (χ2n) is 9.03. The van der Waals surface area contributed by atoms with Crippen LogP contribution in [0.15, 0.2) is 104 Å². The summed E-state index contributed by atoms with van der Waals surface area (Å²) >= 11 is 0. The molecule has 4 rings (SSSR count). The van der Waals surface area contributed by atoms with Crippen LogP contribution in [0, 0.1) is 11.8 Å². The average molecular weight is 411 g/mol. The Hall–Kier alpha value is -2.64. The first-order valence-electron chi connectivity index (χ1n) is 11.7. The Morgan fingerprint density at radius 1 is 0.774 bits per heavy atom. The highest BCUT2D eigenvalue weighted by Crippen LogP contribution is 2.43. The van der Waals surface area contributed by atoms with Crippen LogP contribution in [0.25, 0.3) is 0 Å². The fourth-order valence-corrected chi connectivity index (χ4v) is 5.04. The van der Waals surface area contributed by atoms with Gasteiger partial charge in [0.25, 0.3) is 0 Å². The molecule has 0 N–H and O–H groups in total. The van der Waals surface area contributed by atoms with Gasteiger partial charge in [-0.1, -0.05) is 130 Å². The fraction of sp³-hybridized carbons (Fsp3) is 0.333. The SMILES string of the molecule is C=CC(CC1CCC(C)CC1)OC(c1ccccc1)(c1ccccc1)c1ccccc1. The molecule has 1 saturated carbocycles. The first-order chi connectivity index (χ1) is 15.2. The Morgan fingerprint density at radius 3 is 1.58 bits per heavy atom. The summed E-state index contributed by atoms with van der Waals surface area (Å²) in [7, 11) is 0. The molecular weight excluding hydrogens is 376 g/mol. The smallest absolute Gasteiger partial charge is 0.144 e. The lowest BCUT2D eigenvalue weighted by molar-refractivity contribution is -0.0365. The third-order valence-electron chi connectivity index (χ3n) is 6.83. The molecular formula is C30H34O. The van der Waals surface area contributed by atoms with E-state index in [0.29, 0.717) is 5.92 Å². The lowest BCUT2D eigenvalue weighted by Gasteiger charge is -2.39. The molecule has 0 amide bonds. The molecule has 1 nitrogen and oxygen atoms in total. The van der Waals surface area contributed by atoms with Gasteiger partial charge in [-0.2, -0.15) is 0 Å². The fourth-order valence-electron chi connectivity index (χ4n) is 5.04. The van der Waals surface area contributed by atoms with Crippen molar-refractivity contribution in [2.75, 3.05) is 0 Å². The summed E-state index contributed by atoms with van der Waals surface area (Å²) in [6.07, 6.45) is 8.28. The topological polar surface area (TPSA) is 9.23 Å². The van der Waals surface area contributed by atoms with E-state index in [-0.39, 0.29) is 6.10 Å². The largest absolute Gasteiger partial charge is 0.354 e. The lowest BCUT2D eigenvalue weighted by atomic mass is 9.78. The van der Waals surface area contributed by atoms with Crippen molar-refractivity contribution in [3.8, 4) is 0 Å². The second-order valence-corrected chi connectivity index (χ2v) is 9.03. The molecule has 160 valence electrons. The van der Waals surface area contributed by atoms with E-state index >= 15 is 0 Å². The Bertz CT molecular complexity index is 827. The van der Waals surface area contributed by atoms with Crippen molar-refractivity contribution in [1.29, 1.82) is 0 Å². The standard InChI is InChI=1S/C30H34O/c1-3-29(23-25-21-19-24(2)20-22-25)31-30(26-13-7-4-8-14-26,27-15-9-5-10-16-27)28-17-11-6-12-18-28/h3-18,24-25,29H,1,19-23H2,2H3. The van der Waals surface area contributed by atoms with Crippen LogP contribution < -0.4 is 0 Å². The van der Waals surface area contributed by atoms with Gasteiger partial charge >= 0.3 is 0 Å². The van der Waals surface area contributed by atoms with Crippen molar-refractivity contribution in [2.45, 2.75) is 50.7 Å². The average Bonchev–Trinajstić information content (AvgIpc) is 2.85. The summed E-state index contributed by atoms with van der Waals surface area (Å²) in [5.41, 5.74) is 2.77. The minimum absolute atomic E-state index is 0.0148. The molecule has 1 heteroatoms. The van der Waals surface area contributed by atoms with E-state index in [2.05, 4.69) is 104 Å². The van der Waals surface area contributed by atoms with E-state index in [4.69, 9.17) is 4.74 Å². The minimum Gasteiger partial charge on any atom is -0.354 e. The van der Waals surface area contributed by atoms with Gasteiger partial charge in [-0.05, 0) is 34.9 Å². The predicted molar refractivity (Wildman–Crippen MR) is 130 cm³/mol. The molecule has 0 heterocycles. The second kappa shape index (κ2) is 10.1. The van der Waals surface area contributed by atoms with Crippen molar-refractivity contribution in [1.82, 2.24) is 0 Å². The quantitative estimate of drug-likeness (QED) is 0.272. The summed E-state index contributed by atoms with van der Waals surface area (Å²) in [6.45, 7) is 6.56. The molecule has 1 aliphatic carbocycles. The van der Waals surface area contributed by atoms with E-state index in [1.807, 2.05) is 6.08 Å². The van der Waals surface area contributed by atoms with Crippen molar-refractivity contribution in [3.63, 3.8) is 0 Å². The molecule has 0 bridgehead atoms. The summed E-state index contributed by atoms with van der Waals surface area (Å²) in [4.78, 5) is 0. The molecule has 0 aromatic heterocycles. The van der Waals surface area contributed by atoms with E-state index in [0.717, 1.165) is 29.0 Å². The molecule has 0 spiro atoms. The van der Waals surface area contributed by atoms with Gasteiger partial charge in [0.1, 0.15) is 5.60 Å². The summed E-state index contributed by atoms with van der Waals surface area (Å²) < 4.78 is 7.16. The minimum atomic E-state index is -0.676. The van der Waals surface area contributed by atoms with Crippen LogP contribution in [0.5, 0.6) is 0 Å². The van der Waals surface area contributed by atoms with E-state index in [1.165, 1.54) is 25.7 Å². The highest BCUT2D eigenvalue weighted by atomic mass is 16.5. The molecule has 1 fully saturated rings. The van der Waals surface area contributed by atoms with Gasteiger partial charge in [0, 0.05) is 0 Å². The van der Waals surface area contributed by atoms with Crippen LogP contribution in [0.3, 0.4) is 0 Å². The first kappa shape index (κ1) is 21.6. The van der Waals surface area contributed by atoms with Crippen LogP contribution >= 0.6 is 0 Å². The zero-order chi connectivity index (χ0) is 21.5. The van der Waals surface area contributed by atoms with Crippen molar-refractivity contribution < 1.29 is 4.74 Å². The van der Waals surface area contributed by atoms with Gasteiger partial charge < -0.3 is 4.74 Å². The van der Waals surface area contributed by atoms with Gasteiger partial charge in [-0.25, -0.2) is 0 Å². The number of hydrogen-bond acceptors (Lipinski definition) is 1. The van der Waals surface area contributed by atoms with Gasteiger partial charge in [0.15, 0.2) is 0 Å². The molecule has 1 atom stereocenters. The monoisotopic (exact) mass is 410 g/mol. The maximum Gasteiger partial charge on any atom is 0.144 e. The zero-order valence-electron chi connectivity index (χ0n) is 18.6. The summed E-state index contributed by atoms with van der Waals surface area (Å²) in [5.74, 6) is 1.57. The third-order valence-corrected chi connectivity index (χ3v) is 6.83. The Morgan fingerprint density at radius 2 is 1.19 bits per heavy atom. The summed E-state index contributed by atoms with van der Waals surface area (Å²) in [6, 6.07) is 31.9. The predicted octanol–water partition coefficient (Wildman–Crippen LogP) is 7.77. The van der Waals surface area contributed by atoms with Crippen LogP contribution in [-0.2, 0) is 10.3 Å². The van der Waals surface area contributed by atoms with Crippen molar-refractivity contribution in [2.24, 2.45) is 11.8 Å². The lowest BCUT2D eigenvalue weighted by Crippen LogP contribution is -2.37.